The van der Waals surface area contributed by atoms with Gasteiger partial charge in [0.25, 0.3) is 0 Å². The van der Waals surface area contributed by atoms with Gasteiger partial charge in [0.05, 0.1) is 5.60 Å². The molecule has 1 aliphatic rings. The second-order valence-electron chi connectivity index (χ2n) is 3.93. The van der Waals surface area contributed by atoms with Crippen molar-refractivity contribution in [1.82, 2.24) is 10.6 Å². The van der Waals surface area contributed by atoms with Crippen LogP contribution in [0.4, 0.5) is 0 Å². The lowest BCUT2D eigenvalue weighted by atomic mass is 9.96. The molecule has 0 spiro atoms. The number of hydrogen-bond donors (Lipinski definition) is 3. The highest BCUT2D eigenvalue weighted by atomic mass is 16.3. The Balaban J connectivity index is 2.46. The molecule has 3 heteroatoms. The lowest BCUT2D eigenvalue weighted by molar-refractivity contribution is 0.0268. The van der Waals surface area contributed by atoms with Crippen LogP contribution in [0.25, 0.3) is 0 Å². The van der Waals surface area contributed by atoms with Crippen LogP contribution in [-0.4, -0.2) is 35.9 Å². The molecule has 0 aromatic rings. The van der Waals surface area contributed by atoms with Crippen molar-refractivity contribution < 1.29 is 5.11 Å². The van der Waals surface area contributed by atoms with E-state index in [0.717, 1.165) is 13.1 Å². The first-order valence-electron chi connectivity index (χ1n) is 4.19. The van der Waals surface area contributed by atoms with Crippen LogP contribution >= 0.6 is 0 Å². The van der Waals surface area contributed by atoms with Gasteiger partial charge in [-0.1, -0.05) is 0 Å². The fourth-order valence-electron chi connectivity index (χ4n) is 1.36. The third-order valence-corrected chi connectivity index (χ3v) is 2.14. The minimum atomic E-state index is -0.623. The molecule has 1 aliphatic heterocycles. The molecule has 1 heterocycles. The maximum Gasteiger partial charge on any atom is 0.0756 e. The largest absolute Gasteiger partial charge is 0.389 e. The molecule has 1 rings (SSSR count). The van der Waals surface area contributed by atoms with Crippen molar-refractivity contribution in [2.24, 2.45) is 0 Å². The van der Waals surface area contributed by atoms with Gasteiger partial charge in [-0.3, -0.25) is 0 Å². The first-order chi connectivity index (χ1) is 5.00. The monoisotopic (exact) mass is 158 g/mol. The lowest BCUT2D eigenvalue weighted by Crippen LogP contribution is -2.61. The van der Waals surface area contributed by atoms with E-state index in [1.165, 1.54) is 0 Å². The van der Waals surface area contributed by atoms with Crippen molar-refractivity contribution in [3.8, 4) is 0 Å². The number of aliphatic hydroxyl groups is 1. The molecule has 66 valence electrons. The molecule has 0 aliphatic carbocycles. The van der Waals surface area contributed by atoms with Gasteiger partial charge in [-0.15, -0.1) is 0 Å². The SMILES string of the molecule is CC1CNCC(C(C)(C)O)N1. The van der Waals surface area contributed by atoms with Crippen LogP contribution in [-0.2, 0) is 0 Å². The normalized spacial score (nSPS) is 33.8. The topological polar surface area (TPSA) is 44.3 Å². The first kappa shape index (κ1) is 8.97. The Morgan fingerprint density at radius 3 is 2.36 bits per heavy atom. The van der Waals surface area contributed by atoms with Gasteiger partial charge in [0, 0.05) is 25.2 Å². The summed E-state index contributed by atoms with van der Waals surface area (Å²) < 4.78 is 0. The molecule has 1 fully saturated rings. The van der Waals surface area contributed by atoms with Crippen LogP contribution in [0.15, 0.2) is 0 Å². The predicted octanol–water partition coefficient (Wildman–Crippen LogP) is -0.293. The molecule has 11 heavy (non-hydrogen) atoms. The minimum Gasteiger partial charge on any atom is -0.389 e. The summed E-state index contributed by atoms with van der Waals surface area (Å²) in [7, 11) is 0. The van der Waals surface area contributed by atoms with E-state index in [4.69, 9.17) is 0 Å². The molecular weight excluding hydrogens is 140 g/mol. The maximum absolute atomic E-state index is 9.66. The zero-order valence-electron chi connectivity index (χ0n) is 7.52. The lowest BCUT2D eigenvalue weighted by Gasteiger charge is -2.37. The quantitative estimate of drug-likeness (QED) is 0.491. The summed E-state index contributed by atoms with van der Waals surface area (Å²) in [6, 6.07) is 0.631. The molecule has 2 atom stereocenters. The van der Waals surface area contributed by atoms with Gasteiger partial charge in [0.2, 0.25) is 0 Å². The standard InChI is InChI=1S/C8H18N2O/c1-6-4-9-5-7(10-6)8(2,3)11/h6-7,9-11H,4-5H2,1-3H3. The molecule has 0 aromatic heterocycles. The van der Waals surface area contributed by atoms with E-state index in [2.05, 4.69) is 17.6 Å². The molecule has 2 unspecified atom stereocenters. The number of rotatable bonds is 1. The molecule has 0 saturated carbocycles. The Morgan fingerprint density at radius 1 is 1.36 bits per heavy atom. The van der Waals surface area contributed by atoms with Gasteiger partial charge in [-0.25, -0.2) is 0 Å². The molecule has 3 N–H and O–H groups in total. The second kappa shape index (κ2) is 3.09. The number of piperazine rings is 1. The van der Waals surface area contributed by atoms with Gasteiger partial charge >= 0.3 is 0 Å². The summed E-state index contributed by atoms with van der Waals surface area (Å²) in [5, 5.41) is 16.3. The third-order valence-electron chi connectivity index (χ3n) is 2.14. The van der Waals surface area contributed by atoms with Crippen molar-refractivity contribution in [1.29, 1.82) is 0 Å². The number of nitrogens with one attached hydrogen (secondary N) is 2. The Hall–Kier alpha value is -0.120. The smallest absolute Gasteiger partial charge is 0.0756 e. The molecule has 3 nitrogen and oxygen atoms in total. The fraction of sp³-hybridized carbons (Fsp3) is 1.00. The van der Waals surface area contributed by atoms with Crippen molar-refractivity contribution in [3.05, 3.63) is 0 Å². The van der Waals surface area contributed by atoms with E-state index < -0.39 is 5.60 Å². The predicted molar refractivity (Wildman–Crippen MR) is 45.6 cm³/mol. The van der Waals surface area contributed by atoms with E-state index in [-0.39, 0.29) is 6.04 Å². The zero-order valence-corrected chi connectivity index (χ0v) is 7.52. The Kier molecular flexibility index (Phi) is 2.52. The Bertz CT molecular complexity index is 131. The van der Waals surface area contributed by atoms with Crippen molar-refractivity contribution in [2.75, 3.05) is 13.1 Å². The van der Waals surface area contributed by atoms with Crippen LogP contribution in [0.5, 0.6) is 0 Å². The van der Waals surface area contributed by atoms with Gasteiger partial charge in [0.1, 0.15) is 0 Å². The Morgan fingerprint density at radius 2 is 2.00 bits per heavy atom. The van der Waals surface area contributed by atoms with Crippen LogP contribution in [0.1, 0.15) is 20.8 Å². The van der Waals surface area contributed by atoms with Crippen LogP contribution < -0.4 is 10.6 Å². The van der Waals surface area contributed by atoms with Crippen molar-refractivity contribution >= 4 is 0 Å². The van der Waals surface area contributed by atoms with E-state index in [9.17, 15) is 5.11 Å². The van der Waals surface area contributed by atoms with E-state index in [0.29, 0.717) is 6.04 Å². The Labute approximate surface area is 68.2 Å². The average molecular weight is 158 g/mol. The van der Waals surface area contributed by atoms with Crippen LogP contribution in [0.3, 0.4) is 0 Å². The molecule has 1 saturated heterocycles. The highest BCUT2D eigenvalue weighted by Crippen LogP contribution is 2.10. The average Bonchev–Trinajstić information content (AvgIpc) is 1.86. The highest BCUT2D eigenvalue weighted by molar-refractivity contribution is 4.91. The zero-order chi connectivity index (χ0) is 8.48. The maximum atomic E-state index is 9.66. The summed E-state index contributed by atoms with van der Waals surface area (Å²) in [5.74, 6) is 0. The van der Waals surface area contributed by atoms with Gasteiger partial charge in [0.15, 0.2) is 0 Å². The van der Waals surface area contributed by atoms with E-state index >= 15 is 0 Å². The van der Waals surface area contributed by atoms with Crippen molar-refractivity contribution in [2.45, 2.75) is 38.5 Å². The summed E-state index contributed by atoms with van der Waals surface area (Å²) >= 11 is 0. The van der Waals surface area contributed by atoms with E-state index in [1.54, 1.807) is 0 Å². The fourth-order valence-corrected chi connectivity index (χ4v) is 1.36. The summed E-state index contributed by atoms with van der Waals surface area (Å²) in [6.07, 6.45) is 0. The van der Waals surface area contributed by atoms with Gasteiger partial charge in [-0.2, -0.15) is 0 Å². The van der Waals surface area contributed by atoms with Crippen LogP contribution in [0.2, 0.25) is 0 Å². The number of hydrogen-bond acceptors (Lipinski definition) is 3. The minimum absolute atomic E-state index is 0.172. The first-order valence-corrected chi connectivity index (χ1v) is 4.19. The molecule has 0 bridgehead atoms. The van der Waals surface area contributed by atoms with E-state index in [1.807, 2.05) is 13.8 Å². The molecule has 0 aromatic carbocycles. The van der Waals surface area contributed by atoms with Gasteiger partial charge in [-0.05, 0) is 20.8 Å². The van der Waals surface area contributed by atoms with Gasteiger partial charge < -0.3 is 15.7 Å². The molecule has 0 amide bonds. The summed E-state index contributed by atoms with van der Waals surface area (Å²) in [6.45, 7) is 7.64. The summed E-state index contributed by atoms with van der Waals surface area (Å²) in [5.41, 5.74) is -0.623. The third kappa shape index (κ3) is 2.43. The second-order valence-corrected chi connectivity index (χ2v) is 3.93. The molecule has 0 radical (unpaired) electrons. The van der Waals surface area contributed by atoms with Crippen LogP contribution in [0, 0.1) is 0 Å². The molecular formula is C8H18N2O. The summed E-state index contributed by atoms with van der Waals surface area (Å²) in [4.78, 5) is 0. The highest BCUT2D eigenvalue weighted by Gasteiger charge is 2.29. The van der Waals surface area contributed by atoms with Crippen molar-refractivity contribution in [3.63, 3.8) is 0 Å².